The van der Waals surface area contributed by atoms with Crippen molar-refractivity contribution in [2.45, 2.75) is 0 Å². The van der Waals surface area contributed by atoms with Crippen LogP contribution >= 0.6 is 0 Å². The predicted molar refractivity (Wildman–Crippen MR) is 262 cm³/mol. The molecule has 4 aromatic heterocycles. The first-order chi connectivity index (χ1) is 31.7. The highest BCUT2D eigenvalue weighted by Gasteiger charge is 2.18. The number of fused-ring (bicyclic) bond motifs is 10. The van der Waals surface area contributed by atoms with Crippen LogP contribution in [-0.2, 0) is 0 Å². The minimum Gasteiger partial charge on any atom is -0.456 e. The molecule has 64 heavy (non-hydrogen) atoms. The third-order valence-electron chi connectivity index (χ3n) is 12.5. The molecule has 9 aromatic carbocycles. The van der Waals surface area contributed by atoms with Crippen LogP contribution in [0.4, 0.5) is 0 Å². The first kappa shape index (κ1) is 36.0. The molecule has 0 aliphatic carbocycles. The van der Waals surface area contributed by atoms with Gasteiger partial charge in [-0.2, -0.15) is 0 Å². The number of nitrogens with zero attached hydrogens (tertiary/aromatic N) is 3. The van der Waals surface area contributed by atoms with E-state index in [1.54, 1.807) is 0 Å². The first-order valence-corrected chi connectivity index (χ1v) is 21.5. The Hall–Kier alpha value is -8.67. The maximum Gasteiger partial charge on any atom is 0.160 e. The SMILES string of the molecule is c1ccc(-c2nc(-c3cc(-c4ccc5oc6ccc7ccccc7c6c5c4)cc(-c4ccc5oc6ccc7ccccc7c6c5c4)c3)cc(-c3cccc(-c4ccccn4)c3)n2)cc1. The zero-order valence-electron chi connectivity index (χ0n) is 34.4. The Bertz CT molecular complexity index is 3790. The second-order valence-corrected chi connectivity index (χ2v) is 16.4. The quantitative estimate of drug-likeness (QED) is 0.167. The summed E-state index contributed by atoms with van der Waals surface area (Å²) in [6, 6.07) is 72.1. The fourth-order valence-electron chi connectivity index (χ4n) is 9.39. The van der Waals surface area contributed by atoms with Gasteiger partial charge in [0.25, 0.3) is 0 Å². The van der Waals surface area contributed by atoms with Gasteiger partial charge in [0.15, 0.2) is 5.82 Å². The molecule has 0 atom stereocenters. The van der Waals surface area contributed by atoms with Crippen molar-refractivity contribution in [1.29, 1.82) is 0 Å². The Kier molecular flexibility index (Phi) is 8.15. The largest absolute Gasteiger partial charge is 0.456 e. The van der Waals surface area contributed by atoms with Crippen molar-refractivity contribution in [1.82, 2.24) is 15.0 Å². The van der Waals surface area contributed by atoms with Gasteiger partial charge in [-0.1, -0.05) is 127 Å². The predicted octanol–water partition coefficient (Wildman–Crippen LogP) is 16.0. The summed E-state index contributed by atoms with van der Waals surface area (Å²) in [4.78, 5) is 15.2. The van der Waals surface area contributed by atoms with Crippen LogP contribution in [0.2, 0.25) is 0 Å². The third kappa shape index (κ3) is 6.05. The van der Waals surface area contributed by atoms with Crippen LogP contribution in [-0.4, -0.2) is 15.0 Å². The summed E-state index contributed by atoms with van der Waals surface area (Å²) >= 11 is 0. The van der Waals surface area contributed by atoms with E-state index in [-0.39, 0.29) is 0 Å². The molecule has 0 unspecified atom stereocenters. The lowest BCUT2D eigenvalue weighted by Gasteiger charge is -2.14. The lowest BCUT2D eigenvalue weighted by atomic mass is 9.92. The summed E-state index contributed by atoms with van der Waals surface area (Å²) in [6.45, 7) is 0. The lowest BCUT2D eigenvalue weighted by molar-refractivity contribution is 0.669. The van der Waals surface area contributed by atoms with E-state index in [0.717, 1.165) is 105 Å². The van der Waals surface area contributed by atoms with E-state index < -0.39 is 0 Å². The van der Waals surface area contributed by atoms with E-state index in [9.17, 15) is 0 Å². The highest BCUT2D eigenvalue weighted by Crippen LogP contribution is 2.42. The van der Waals surface area contributed by atoms with E-state index in [4.69, 9.17) is 18.8 Å². The maximum absolute atomic E-state index is 6.45. The lowest BCUT2D eigenvalue weighted by Crippen LogP contribution is -1.97. The van der Waals surface area contributed by atoms with Crippen LogP contribution < -0.4 is 0 Å². The summed E-state index contributed by atoms with van der Waals surface area (Å²) in [5.41, 5.74) is 14.2. The molecular weight excluding hydrogens is 783 g/mol. The molecule has 0 fully saturated rings. The van der Waals surface area contributed by atoms with Crippen molar-refractivity contribution in [3.63, 3.8) is 0 Å². The van der Waals surface area contributed by atoms with E-state index in [2.05, 4.69) is 175 Å². The van der Waals surface area contributed by atoms with Crippen LogP contribution in [0.3, 0.4) is 0 Å². The number of furan rings is 2. The molecule has 0 aliphatic heterocycles. The fourth-order valence-corrected chi connectivity index (χ4v) is 9.39. The average Bonchev–Trinajstić information content (AvgIpc) is 3.95. The van der Waals surface area contributed by atoms with Crippen molar-refractivity contribution in [3.8, 4) is 67.4 Å². The first-order valence-electron chi connectivity index (χ1n) is 21.5. The number of hydrogen-bond acceptors (Lipinski definition) is 5. The minimum absolute atomic E-state index is 0.652. The van der Waals surface area contributed by atoms with E-state index in [0.29, 0.717) is 5.82 Å². The van der Waals surface area contributed by atoms with Crippen LogP contribution in [0, 0.1) is 0 Å². The highest BCUT2D eigenvalue weighted by molar-refractivity contribution is 6.20. The summed E-state index contributed by atoms with van der Waals surface area (Å²) in [7, 11) is 0. The molecule has 13 aromatic rings. The topological polar surface area (TPSA) is 65.0 Å². The molecule has 0 spiro atoms. The Morgan fingerprint density at radius 2 is 0.781 bits per heavy atom. The number of benzene rings is 9. The van der Waals surface area contributed by atoms with Gasteiger partial charge in [-0.05, 0) is 123 Å². The van der Waals surface area contributed by atoms with Gasteiger partial charge in [-0.15, -0.1) is 0 Å². The number of aromatic nitrogens is 3. The van der Waals surface area contributed by atoms with Crippen molar-refractivity contribution in [2.75, 3.05) is 0 Å². The van der Waals surface area contributed by atoms with Crippen molar-refractivity contribution in [2.24, 2.45) is 0 Å². The molecule has 0 radical (unpaired) electrons. The second-order valence-electron chi connectivity index (χ2n) is 16.4. The van der Waals surface area contributed by atoms with Gasteiger partial charge >= 0.3 is 0 Å². The summed E-state index contributed by atoms with van der Waals surface area (Å²) in [5, 5.41) is 9.12. The van der Waals surface area contributed by atoms with Crippen molar-refractivity contribution in [3.05, 3.63) is 212 Å². The van der Waals surface area contributed by atoms with Gasteiger partial charge < -0.3 is 8.83 Å². The number of hydrogen-bond donors (Lipinski definition) is 0. The molecule has 0 saturated heterocycles. The molecule has 4 heterocycles. The molecule has 13 rings (SSSR count). The molecule has 298 valence electrons. The normalized spacial score (nSPS) is 11.8. The summed E-state index contributed by atoms with van der Waals surface area (Å²) in [6.07, 6.45) is 1.83. The van der Waals surface area contributed by atoms with Gasteiger partial charge in [0.2, 0.25) is 0 Å². The monoisotopic (exact) mass is 817 g/mol. The summed E-state index contributed by atoms with van der Waals surface area (Å²) < 4.78 is 12.9. The Labute approximate surface area is 367 Å². The van der Waals surface area contributed by atoms with Gasteiger partial charge in [-0.3, -0.25) is 4.98 Å². The molecular formula is C59H35N3O2. The van der Waals surface area contributed by atoms with E-state index >= 15 is 0 Å². The average molecular weight is 818 g/mol. The van der Waals surface area contributed by atoms with E-state index in [1.165, 1.54) is 21.5 Å². The van der Waals surface area contributed by atoms with Crippen LogP contribution in [0.1, 0.15) is 0 Å². The second kappa shape index (κ2) is 14.5. The molecule has 0 bridgehead atoms. The fraction of sp³-hybridized carbons (Fsp3) is 0. The van der Waals surface area contributed by atoms with E-state index in [1.807, 2.05) is 42.6 Å². The van der Waals surface area contributed by atoms with Crippen LogP contribution in [0.15, 0.2) is 221 Å². The number of pyridine rings is 1. The van der Waals surface area contributed by atoms with Crippen LogP contribution in [0.25, 0.3) is 133 Å². The maximum atomic E-state index is 6.45. The van der Waals surface area contributed by atoms with Gasteiger partial charge in [0.1, 0.15) is 22.3 Å². The molecule has 5 nitrogen and oxygen atoms in total. The van der Waals surface area contributed by atoms with Gasteiger partial charge in [0, 0.05) is 50.0 Å². The number of rotatable bonds is 6. The Morgan fingerprint density at radius 3 is 1.39 bits per heavy atom. The summed E-state index contributed by atoms with van der Waals surface area (Å²) in [5.74, 6) is 0.652. The third-order valence-corrected chi connectivity index (χ3v) is 12.5. The van der Waals surface area contributed by atoms with Gasteiger partial charge in [0.05, 0.1) is 17.1 Å². The Morgan fingerprint density at radius 1 is 0.281 bits per heavy atom. The molecule has 0 amide bonds. The molecule has 5 heteroatoms. The van der Waals surface area contributed by atoms with Crippen LogP contribution in [0.5, 0.6) is 0 Å². The van der Waals surface area contributed by atoms with Gasteiger partial charge in [-0.25, -0.2) is 9.97 Å². The minimum atomic E-state index is 0.652. The van der Waals surface area contributed by atoms with Crippen molar-refractivity contribution < 1.29 is 8.83 Å². The van der Waals surface area contributed by atoms with Crippen molar-refractivity contribution >= 4 is 65.4 Å². The zero-order chi connectivity index (χ0) is 42.1. The highest BCUT2D eigenvalue weighted by atomic mass is 16.3. The Balaban J connectivity index is 1.05. The molecule has 0 saturated carbocycles. The molecule has 0 aliphatic rings. The smallest absolute Gasteiger partial charge is 0.160 e. The molecule has 0 N–H and O–H groups in total. The standard InChI is InChI=1S/C59H35N3O2/c1-2-13-38(14-3-1)59-61-51(42-16-10-15-41(29-42)50-19-8-9-28-60-50)35-52(62-59)45-31-43(39-22-24-53-48(33-39)57-46-17-6-4-11-36(46)20-26-55(57)63-53)30-44(32-45)40-23-25-54-49(34-40)58-47-18-7-5-12-37(47)21-27-56(58)64-54/h1-35H. The zero-order valence-corrected chi connectivity index (χ0v) is 34.4.